The molecule has 0 radical (unpaired) electrons. The van der Waals surface area contributed by atoms with Crippen LogP contribution in [0, 0.1) is 17.8 Å². The Morgan fingerprint density at radius 1 is 1.20 bits per heavy atom. The quantitative estimate of drug-likeness (QED) is 0.529. The number of ketones is 1. The average molecular weight is 419 g/mol. The lowest BCUT2D eigenvalue weighted by Crippen LogP contribution is -2.40. The van der Waals surface area contributed by atoms with Gasteiger partial charge in [0.25, 0.3) is 0 Å². The second-order valence-electron chi connectivity index (χ2n) is 8.79. The fraction of sp³-hybridized carbons (Fsp3) is 0.640. The summed E-state index contributed by atoms with van der Waals surface area (Å²) in [4.78, 5) is 12.5. The van der Waals surface area contributed by atoms with E-state index < -0.39 is 6.10 Å². The molecule has 1 saturated heterocycles. The summed E-state index contributed by atoms with van der Waals surface area (Å²) >= 11 is 0. The zero-order valence-corrected chi connectivity index (χ0v) is 19.4. The van der Waals surface area contributed by atoms with E-state index in [2.05, 4.69) is 39.5 Å². The van der Waals surface area contributed by atoms with Gasteiger partial charge in [0, 0.05) is 24.2 Å². The van der Waals surface area contributed by atoms with Gasteiger partial charge in [-0.05, 0) is 39.5 Å². The maximum absolute atomic E-state index is 12.5. The standard InChI is InChI=1S/C25H38O5/c1-15(9-8-10-16(2)13-20-14-17(3)19(5)30-20)11-12-21-18(4)22(26)24(28-6)25(29-7)23(21)27/h10-11,17-18,20-21,23,27H,5,8-9,12-14H2,1-4,6-7H3/b15-11+,16-10+/t17?,18-,20?,21-,23-/m1/s1. The average Bonchev–Trinajstić information content (AvgIpc) is 3.01. The van der Waals surface area contributed by atoms with Gasteiger partial charge >= 0.3 is 0 Å². The van der Waals surface area contributed by atoms with Crippen molar-refractivity contribution in [3.8, 4) is 0 Å². The molecule has 0 saturated carbocycles. The number of rotatable bonds is 9. The van der Waals surface area contributed by atoms with Crippen molar-refractivity contribution < 1.29 is 24.1 Å². The Bertz CT molecular complexity index is 730. The molecule has 5 atom stereocenters. The summed E-state index contributed by atoms with van der Waals surface area (Å²) < 4.78 is 16.2. The lowest BCUT2D eigenvalue weighted by molar-refractivity contribution is -0.128. The number of carbonyl (C=O) groups is 1. The molecular weight excluding hydrogens is 380 g/mol. The van der Waals surface area contributed by atoms with Gasteiger partial charge in [0.2, 0.25) is 11.5 Å². The largest absolute Gasteiger partial charge is 0.495 e. The van der Waals surface area contributed by atoms with Gasteiger partial charge < -0.3 is 19.3 Å². The summed E-state index contributed by atoms with van der Waals surface area (Å²) in [7, 11) is 2.89. The highest BCUT2D eigenvalue weighted by Gasteiger charge is 2.42. The third-order valence-corrected chi connectivity index (χ3v) is 6.41. The molecule has 1 fully saturated rings. The van der Waals surface area contributed by atoms with Crippen molar-refractivity contribution in [2.75, 3.05) is 14.2 Å². The van der Waals surface area contributed by atoms with Gasteiger partial charge in [-0.3, -0.25) is 4.79 Å². The van der Waals surface area contributed by atoms with Crippen LogP contribution < -0.4 is 0 Å². The summed E-state index contributed by atoms with van der Waals surface area (Å²) in [6.45, 7) is 12.2. The summed E-state index contributed by atoms with van der Waals surface area (Å²) in [5, 5.41) is 10.7. The normalized spacial score (nSPS) is 30.6. The minimum absolute atomic E-state index is 0.111. The summed E-state index contributed by atoms with van der Waals surface area (Å²) in [5.74, 6) is 1.09. The number of carbonyl (C=O) groups excluding carboxylic acids is 1. The van der Waals surface area contributed by atoms with Crippen LogP contribution in [0.1, 0.15) is 59.8 Å². The topological polar surface area (TPSA) is 65.0 Å². The minimum Gasteiger partial charge on any atom is -0.495 e. The van der Waals surface area contributed by atoms with Gasteiger partial charge in [-0.15, -0.1) is 0 Å². The van der Waals surface area contributed by atoms with Crippen LogP contribution in [0.2, 0.25) is 0 Å². The monoisotopic (exact) mass is 418 g/mol. The molecule has 2 rings (SSSR count). The fourth-order valence-electron chi connectivity index (χ4n) is 4.33. The number of aliphatic hydroxyl groups is 1. The molecule has 0 amide bonds. The van der Waals surface area contributed by atoms with Crippen LogP contribution in [-0.4, -0.2) is 37.3 Å². The summed E-state index contributed by atoms with van der Waals surface area (Å²) in [6.07, 6.45) is 8.38. The SMILES string of the molecule is C=C1OC(C/C(C)=C/CC/C(C)=C/C[C@@H]2[C@@H](C)C(=O)C(OC)=C(OC)[C@@H]2O)CC1C. The van der Waals surface area contributed by atoms with E-state index in [1.807, 2.05) is 6.92 Å². The highest BCUT2D eigenvalue weighted by molar-refractivity contribution is 5.97. The number of methoxy groups -OCH3 is 2. The molecule has 1 heterocycles. The third-order valence-electron chi connectivity index (χ3n) is 6.41. The first-order valence-corrected chi connectivity index (χ1v) is 10.9. The van der Waals surface area contributed by atoms with Crippen molar-refractivity contribution in [1.82, 2.24) is 0 Å². The maximum atomic E-state index is 12.5. The molecule has 0 aromatic rings. The fourth-order valence-corrected chi connectivity index (χ4v) is 4.33. The maximum Gasteiger partial charge on any atom is 0.204 e. The number of ether oxygens (including phenoxy) is 3. The molecule has 30 heavy (non-hydrogen) atoms. The smallest absolute Gasteiger partial charge is 0.204 e. The van der Waals surface area contributed by atoms with Crippen molar-refractivity contribution in [2.45, 2.75) is 72.0 Å². The lowest BCUT2D eigenvalue weighted by atomic mass is 9.77. The van der Waals surface area contributed by atoms with E-state index in [0.717, 1.165) is 31.4 Å². The van der Waals surface area contributed by atoms with E-state index in [4.69, 9.17) is 14.2 Å². The number of allylic oxidation sites excluding steroid dienone is 5. The van der Waals surface area contributed by atoms with E-state index in [1.165, 1.54) is 25.4 Å². The lowest BCUT2D eigenvalue weighted by Gasteiger charge is -2.33. The van der Waals surface area contributed by atoms with Gasteiger partial charge in [0.05, 0.1) is 20.0 Å². The molecule has 5 nitrogen and oxygen atoms in total. The van der Waals surface area contributed by atoms with Gasteiger partial charge in [-0.1, -0.05) is 43.7 Å². The van der Waals surface area contributed by atoms with Crippen LogP contribution in [0.15, 0.2) is 47.2 Å². The van der Waals surface area contributed by atoms with Crippen LogP contribution in [0.5, 0.6) is 0 Å². The van der Waals surface area contributed by atoms with Crippen molar-refractivity contribution in [3.63, 3.8) is 0 Å². The molecule has 0 aromatic heterocycles. The van der Waals surface area contributed by atoms with Crippen molar-refractivity contribution in [2.24, 2.45) is 17.8 Å². The molecule has 168 valence electrons. The predicted octanol–water partition coefficient (Wildman–Crippen LogP) is 5.08. The number of aliphatic hydroxyl groups excluding tert-OH is 1. The van der Waals surface area contributed by atoms with Crippen LogP contribution in [0.4, 0.5) is 0 Å². The molecule has 1 aliphatic heterocycles. The molecule has 0 spiro atoms. The number of Topliss-reactive ketones (excluding diaryl/α,β-unsaturated/α-hetero) is 1. The highest BCUT2D eigenvalue weighted by Crippen LogP contribution is 2.35. The van der Waals surface area contributed by atoms with Gasteiger partial charge in [-0.25, -0.2) is 0 Å². The van der Waals surface area contributed by atoms with Crippen LogP contribution in [0.3, 0.4) is 0 Å². The molecular formula is C25H38O5. The van der Waals surface area contributed by atoms with Crippen molar-refractivity contribution >= 4 is 5.78 Å². The van der Waals surface area contributed by atoms with E-state index >= 15 is 0 Å². The number of hydrogen-bond acceptors (Lipinski definition) is 5. The summed E-state index contributed by atoms with van der Waals surface area (Å²) in [6, 6.07) is 0. The number of hydrogen-bond donors (Lipinski definition) is 1. The Kier molecular flexibility index (Phi) is 8.78. The van der Waals surface area contributed by atoms with E-state index in [0.29, 0.717) is 12.3 Å². The zero-order valence-electron chi connectivity index (χ0n) is 19.4. The van der Waals surface area contributed by atoms with Gasteiger partial charge in [0.1, 0.15) is 12.2 Å². The Balaban J connectivity index is 1.88. The molecule has 5 heteroatoms. The first-order chi connectivity index (χ1) is 14.2. The van der Waals surface area contributed by atoms with Crippen LogP contribution in [0.25, 0.3) is 0 Å². The Morgan fingerprint density at radius 3 is 2.47 bits per heavy atom. The Hall–Kier alpha value is -2.01. The molecule has 0 bridgehead atoms. The summed E-state index contributed by atoms with van der Waals surface area (Å²) in [5.41, 5.74) is 2.60. The van der Waals surface area contributed by atoms with Crippen molar-refractivity contribution in [3.05, 3.63) is 47.2 Å². The van der Waals surface area contributed by atoms with Gasteiger partial charge in [-0.2, -0.15) is 0 Å². The van der Waals surface area contributed by atoms with Crippen LogP contribution >= 0.6 is 0 Å². The zero-order chi connectivity index (χ0) is 22.4. The van der Waals surface area contributed by atoms with E-state index in [9.17, 15) is 9.90 Å². The Morgan fingerprint density at radius 2 is 1.90 bits per heavy atom. The molecule has 2 aliphatic rings. The van der Waals surface area contributed by atoms with Gasteiger partial charge in [0.15, 0.2) is 5.76 Å². The molecule has 0 aromatic carbocycles. The van der Waals surface area contributed by atoms with E-state index in [1.54, 1.807) is 0 Å². The predicted molar refractivity (Wildman–Crippen MR) is 118 cm³/mol. The second kappa shape index (κ2) is 10.9. The molecule has 2 unspecified atom stereocenters. The minimum atomic E-state index is -0.840. The van der Waals surface area contributed by atoms with Crippen LogP contribution in [-0.2, 0) is 19.0 Å². The third kappa shape index (κ3) is 5.78. The second-order valence-corrected chi connectivity index (χ2v) is 8.79. The van der Waals surface area contributed by atoms with E-state index in [-0.39, 0.29) is 35.2 Å². The Labute approximate surface area is 181 Å². The highest BCUT2D eigenvalue weighted by atomic mass is 16.5. The first-order valence-electron chi connectivity index (χ1n) is 10.9. The molecule has 1 N–H and O–H groups in total. The molecule has 1 aliphatic carbocycles. The first kappa shape index (κ1) is 24.3. The van der Waals surface area contributed by atoms with Crippen molar-refractivity contribution in [1.29, 1.82) is 0 Å².